The fourth-order valence-electron chi connectivity index (χ4n) is 1.21. The first-order valence-electron chi connectivity index (χ1n) is 4.50. The molecule has 2 fully saturated rings. The van der Waals surface area contributed by atoms with Crippen LogP contribution < -0.4 is 0 Å². The van der Waals surface area contributed by atoms with Gasteiger partial charge in [-0.15, -0.1) is 0 Å². The standard InChI is InChI=1S/C8H14O6/c9-1-8(2-10,3-11)4-12-6-5-7(13-5)14-6/h5-7,9-11H,1-4H2. The van der Waals surface area contributed by atoms with E-state index in [1.54, 1.807) is 0 Å². The van der Waals surface area contributed by atoms with E-state index in [2.05, 4.69) is 0 Å². The lowest BCUT2D eigenvalue weighted by molar-refractivity contribution is -0.223. The van der Waals surface area contributed by atoms with Crippen LogP contribution in [0.2, 0.25) is 0 Å². The predicted octanol–water partition coefficient (Wildman–Crippen LogP) is -1.95. The molecule has 0 saturated carbocycles. The van der Waals surface area contributed by atoms with E-state index in [9.17, 15) is 0 Å². The first-order valence-corrected chi connectivity index (χ1v) is 4.50. The molecule has 6 heteroatoms. The van der Waals surface area contributed by atoms with Crippen molar-refractivity contribution in [2.75, 3.05) is 26.4 Å². The summed E-state index contributed by atoms with van der Waals surface area (Å²) in [5.41, 5.74) is -0.997. The largest absolute Gasteiger partial charge is 0.396 e. The Bertz CT molecular complexity index is 196. The highest BCUT2D eigenvalue weighted by Crippen LogP contribution is 2.41. The number of rotatable bonds is 6. The molecule has 2 heterocycles. The monoisotopic (exact) mass is 206 g/mol. The first-order chi connectivity index (χ1) is 6.74. The van der Waals surface area contributed by atoms with Crippen molar-refractivity contribution < 1.29 is 29.5 Å². The van der Waals surface area contributed by atoms with Gasteiger partial charge in [-0.2, -0.15) is 0 Å². The average Bonchev–Trinajstić information content (AvgIpc) is 2.85. The van der Waals surface area contributed by atoms with Crippen LogP contribution in [0.5, 0.6) is 0 Å². The molecule has 0 bridgehead atoms. The van der Waals surface area contributed by atoms with Gasteiger partial charge in [0.1, 0.15) is 0 Å². The average molecular weight is 206 g/mol. The number of ether oxygens (including phenoxy) is 3. The third-order valence-electron chi connectivity index (χ3n) is 2.58. The molecule has 0 spiro atoms. The van der Waals surface area contributed by atoms with Crippen molar-refractivity contribution in [2.24, 2.45) is 5.41 Å². The van der Waals surface area contributed by atoms with Crippen molar-refractivity contribution >= 4 is 0 Å². The molecule has 2 aliphatic heterocycles. The van der Waals surface area contributed by atoms with Gasteiger partial charge in [-0.3, -0.25) is 0 Å². The van der Waals surface area contributed by atoms with Crippen LogP contribution in [-0.2, 0) is 14.2 Å². The summed E-state index contributed by atoms with van der Waals surface area (Å²) in [6.07, 6.45) is -0.528. The van der Waals surface area contributed by atoms with E-state index >= 15 is 0 Å². The van der Waals surface area contributed by atoms with E-state index in [1.807, 2.05) is 0 Å². The summed E-state index contributed by atoms with van der Waals surface area (Å²) in [5.74, 6) is 0. The second-order valence-corrected chi connectivity index (χ2v) is 3.76. The molecule has 0 aromatic rings. The lowest BCUT2D eigenvalue weighted by Crippen LogP contribution is -2.44. The van der Waals surface area contributed by atoms with E-state index in [4.69, 9.17) is 29.5 Å². The minimum absolute atomic E-state index is 0.00350. The van der Waals surface area contributed by atoms with Gasteiger partial charge in [0, 0.05) is 0 Å². The molecule has 0 aromatic carbocycles. The van der Waals surface area contributed by atoms with Crippen LogP contribution in [0, 0.1) is 5.41 Å². The number of fused-ring (bicyclic) bond motifs is 1. The Labute approximate surface area is 81.0 Å². The molecule has 3 N–H and O–H groups in total. The third-order valence-corrected chi connectivity index (χ3v) is 2.58. The van der Waals surface area contributed by atoms with Crippen molar-refractivity contribution in [1.29, 1.82) is 0 Å². The SMILES string of the molecule is OCC(CO)(CO)COC1OC2OC12. The zero-order valence-electron chi connectivity index (χ0n) is 7.63. The van der Waals surface area contributed by atoms with Gasteiger partial charge in [-0.25, -0.2) is 0 Å². The van der Waals surface area contributed by atoms with Gasteiger partial charge >= 0.3 is 0 Å². The molecular weight excluding hydrogens is 192 g/mol. The third kappa shape index (κ3) is 1.65. The molecule has 0 aromatic heterocycles. The topological polar surface area (TPSA) is 91.7 Å². The maximum Gasteiger partial charge on any atom is 0.192 e. The van der Waals surface area contributed by atoms with Gasteiger partial charge in [0.05, 0.1) is 31.8 Å². The highest BCUT2D eigenvalue weighted by molar-refractivity contribution is 4.91. The second-order valence-electron chi connectivity index (χ2n) is 3.76. The molecule has 3 unspecified atom stereocenters. The van der Waals surface area contributed by atoms with Crippen LogP contribution in [0.25, 0.3) is 0 Å². The second kappa shape index (κ2) is 3.73. The Hall–Kier alpha value is -0.240. The van der Waals surface area contributed by atoms with Gasteiger partial charge in [0.15, 0.2) is 18.7 Å². The number of hydrogen-bond acceptors (Lipinski definition) is 6. The summed E-state index contributed by atoms with van der Waals surface area (Å²) in [6, 6.07) is 0. The van der Waals surface area contributed by atoms with Crippen LogP contribution in [0.1, 0.15) is 0 Å². The van der Waals surface area contributed by atoms with Crippen molar-refractivity contribution in [3.63, 3.8) is 0 Å². The smallest absolute Gasteiger partial charge is 0.192 e. The number of epoxide rings is 1. The molecule has 3 atom stereocenters. The Morgan fingerprint density at radius 2 is 1.71 bits per heavy atom. The van der Waals surface area contributed by atoms with Crippen molar-refractivity contribution in [3.05, 3.63) is 0 Å². The minimum Gasteiger partial charge on any atom is -0.396 e. The maximum atomic E-state index is 8.98. The van der Waals surface area contributed by atoms with Gasteiger partial charge in [-0.1, -0.05) is 0 Å². The lowest BCUT2D eigenvalue weighted by atomic mass is 9.92. The summed E-state index contributed by atoms with van der Waals surface area (Å²) >= 11 is 0. The van der Waals surface area contributed by atoms with Crippen LogP contribution in [-0.4, -0.2) is 60.4 Å². The predicted molar refractivity (Wildman–Crippen MR) is 43.2 cm³/mol. The summed E-state index contributed by atoms with van der Waals surface area (Å²) < 4.78 is 15.3. The fourth-order valence-corrected chi connectivity index (χ4v) is 1.21. The van der Waals surface area contributed by atoms with E-state index in [-0.39, 0.29) is 38.8 Å². The molecule has 2 rings (SSSR count). The quantitative estimate of drug-likeness (QED) is 0.437. The van der Waals surface area contributed by atoms with Gasteiger partial charge in [0.25, 0.3) is 0 Å². The number of aliphatic hydroxyl groups is 3. The van der Waals surface area contributed by atoms with Crippen LogP contribution >= 0.6 is 0 Å². The fraction of sp³-hybridized carbons (Fsp3) is 1.00. The Kier molecular flexibility index (Phi) is 2.74. The molecule has 82 valence electrons. The highest BCUT2D eigenvalue weighted by Gasteiger charge is 2.59. The Morgan fingerprint density at radius 3 is 2.07 bits per heavy atom. The Balaban J connectivity index is 1.75. The van der Waals surface area contributed by atoms with Gasteiger partial charge in [-0.05, 0) is 0 Å². The summed E-state index contributed by atoms with van der Waals surface area (Å²) in [5, 5.41) is 27.0. The molecule has 0 radical (unpaired) electrons. The first kappa shape index (κ1) is 10.3. The number of aliphatic hydroxyl groups excluding tert-OH is 3. The van der Waals surface area contributed by atoms with Crippen LogP contribution in [0.3, 0.4) is 0 Å². The highest BCUT2D eigenvalue weighted by atomic mass is 16.9. The summed E-state index contributed by atoms with van der Waals surface area (Å²) in [6.45, 7) is -0.946. The van der Waals surface area contributed by atoms with Crippen molar-refractivity contribution in [1.82, 2.24) is 0 Å². The molecule has 2 aliphatic rings. The van der Waals surface area contributed by atoms with Crippen molar-refractivity contribution in [3.8, 4) is 0 Å². The number of hydrogen-bond donors (Lipinski definition) is 3. The minimum atomic E-state index is -0.997. The van der Waals surface area contributed by atoms with Crippen molar-refractivity contribution in [2.45, 2.75) is 18.7 Å². The zero-order valence-corrected chi connectivity index (χ0v) is 7.63. The maximum absolute atomic E-state index is 8.98. The van der Waals surface area contributed by atoms with Gasteiger partial charge in [0.2, 0.25) is 0 Å². The molecule has 2 saturated heterocycles. The van der Waals surface area contributed by atoms with E-state index in [0.29, 0.717) is 0 Å². The summed E-state index contributed by atoms with van der Waals surface area (Å²) in [4.78, 5) is 0. The normalized spacial score (nSPS) is 34.9. The van der Waals surface area contributed by atoms with E-state index in [0.717, 1.165) is 0 Å². The summed E-state index contributed by atoms with van der Waals surface area (Å²) in [7, 11) is 0. The van der Waals surface area contributed by atoms with Gasteiger partial charge < -0.3 is 29.5 Å². The van der Waals surface area contributed by atoms with Crippen LogP contribution in [0.4, 0.5) is 0 Å². The molecule has 14 heavy (non-hydrogen) atoms. The zero-order chi connectivity index (χ0) is 10.2. The van der Waals surface area contributed by atoms with Crippen LogP contribution in [0.15, 0.2) is 0 Å². The van der Waals surface area contributed by atoms with E-state index < -0.39 is 11.7 Å². The molecule has 6 nitrogen and oxygen atoms in total. The lowest BCUT2D eigenvalue weighted by Gasteiger charge is -2.30. The Morgan fingerprint density at radius 1 is 1.07 bits per heavy atom. The molecule has 0 aliphatic carbocycles. The molecular formula is C8H14O6. The van der Waals surface area contributed by atoms with E-state index in [1.165, 1.54) is 0 Å². The molecule has 0 amide bonds.